The minimum atomic E-state index is -0.766. The number of carbonyl (C=O) groups is 2. The number of aliphatic carboxylic acids is 1. The zero-order valence-corrected chi connectivity index (χ0v) is 10.9. The predicted octanol–water partition coefficient (Wildman–Crippen LogP) is 0.919. The van der Waals surface area contributed by atoms with Crippen molar-refractivity contribution in [3.05, 3.63) is 0 Å². The maximum Gasteiger partial charge on any atom is 0.317 e. The Balaban J connectivity index is 2.16. The molecule has 1 saturated heterocycles. The van der Waals surface area contributed by atoms with Gasteiger partial charge in [0.05, 0.1) is 0 Å². The van der Waals surface area contributed by atoms with Gasteiger partial charge in [0.2, 0.25) is 0 Å². The number of nitrogens with one attached hydrogen (secondary N) is 1. The maximum absolute atomic E-state index is 11.7. The fourth-order valence-corrected chi connectivity index (χ4v) is 2.10. The van der Waals surface area contributed by atoms with Crippen LogP contribution in [0.25, 0.3) is 0 Å². The highest BCUT2D eigenvalue weighted by Gasteiger charge is 2.26. The number of rotatable bonds is 7. The number of carbonyl (C=O) groups excluding carboxylic acids is 1. The van der Waals surface area contributed by atoms with Gasteiger partial charge in [0.25, 0.3) is 0 Å². The van der Waals surface area contributed by atoms with E-state index in [9.17, 15) is 9.59 Å². The molecule has 6 nitrogen and oxygen atoms in total. The van der Waals surface area contributed by atoms with E-state index in [4.69, 9.17) is 9.84 Å². The predicted molar refractivity (Wildman–Crippen MR) is 66.4 cm³/mol. The van der Waals surface area contributed by atoms with Crippen LogP contribution in [0.2, 0.25) is 0 Å². The molecule has 0 saturated carbocycles. The van der Waals surface area contributed by atoms with Gasteiger partial charge in [0.15, 0.2) is 0 Å². The van der Waals surface area contributed by atoms with E-state index in [1.165, 1.54) is 0 Å². The SMILES string of the molecule is COCCCNC(=O)N1CCC(CCC(=O)O)C1. The summed E-state index contributed by atoms with van der Waals surface area (Å²) in [4.78, 5) is 24.0. The number of ether oxygens (including phenoxy) is 1. The number of likely N-dealkylation sites (tertiary alicyclic amines) is 1. The van der Waals surface area contributed by atoms with Gasteiger partial charge in [0.1, 0.15) is 0 Å². The standard InChI is InChI=1S/C12H22N2O4/c1-18-8-2-6-13-12(17)14-7-5-10(9-14)3-4-11(15)16/h10H,2-9H2,1H3,(H,13,17)(H,15,16). The van der Waals surface area contributed by atoms with Crippen LogP contribution >= 0.6 is 0 Å². The van der Waals surface area contributed by atoms with Crippen LogP contribution < -0.4 is 5.32 Å². The van der Waals surface area contributed by atoms with Crippen molar-refractivity contribution in [3.63, 3.8) is 0 Å². The molecule has 1 atom stereocenters. The molecular formula is C12H22N2O4. The average molecular weight is 258 g/mol. The van der Waals surface area contributed by atoms with Gasteiger partial charge in [-0.2, -0.15) is 0 Å². The molecule has 0 aromatic carbocycles. The summed E-state index contributed by atoms with van der Waals surface area (Å²) >= 11 is 0. The van der Waals surface area contributed by atoms with E-state index >= 15 is 0 Å². The number of carboxylic acids is 1. The molecule has 1 heterocycles. The number of hydrogen-bond donors (Lipinski definition) is 2. The number of hydrogen-bond acceptors (Lipinski definition) is 3. The number of amides is 2. The quantitative estimate of drug-likeness (QED) is 0.665. The molecule has 2 N–H and O–H groups in total. The highest BCUT2D eigenvalue weighted by atomic mass is 16.5. The van der Waals surface area contributed by atoms with E-state index in [0.717, 1.165) is 19.4 Å². The van der Waals surface area contributed by atoms with Gasteiger partial charge in [-0.1, -0.05) is 0 Å². The summed E-state index contributed by atoms with van der Waals surface area (Å²) in [6.45, 7) is 2.65. The summed E-state index contributed by atoms with van der Waals surface area (Å²) in [5, 5.41) is 11.4. The van der Waals surface area contributed by atoms with Crippen LogP contribution in [0.5, 0.6) is 0 Å². The van der Waals surface area contributed by atoms with Crippen LogP contribution in [0.1, 0.15) is 25.7 Å². The second-order valence-electron chi connectivity index (χ2n) is 4.61. The summed E-state index contributed by atoms with van der Waals surface area (Å²) in [6, 6.07) is -0.0519. The molecule has 0 aromatic heterocycles. The highest BCUT2D eigenvalue weighted by molar-refractivity contribution is 5.74. The first-order valence-electron chi connectivity index (χ1n) is 6.37. The van der Waals surface area contributed by atoms with Crippen LogP contribution in [0, 0.1) is 5.92 Å². The first-order chi connectivity index (χ1) is 8.63. The van der Waals surface area contributed by atoms with E-state index in [1.54, 1.807) is 12.0 Å². The summed E-state index contributed by atoms with van der Waals surface area (Å²) in [5.41, 5.74) is 0. The smallest absolute Gasteiger partial charge is 0.317 e. The zero-order chi connectivity index (χ0) is 13.4. The molecule has 0 aromatic rings. The Morgan fingerprint density at radius 2 is 2.28 bits per heavy atom. The van der Waals surface area contributed by atoms with Gasteiger partial charge in [-0.05, 0) is 25.2 Å². The number of carboxylic acid groups (broad SMARTS) is 1. The van der Waals surface area contributed by atoms with Crippen molar-refractivity contribution in [1.29, 1.82) is 0 Å². The minimum Gasteiger partial charge on any atom is -0.481 e. The first kappa shape index (κ1) is 14.8. The van der Waals surface area contributed by atoms with Gasteiger partial charge in [-0.15, -0.1) is 0 Å². The molecule has 1 aliphatic rings. The lowest BCUT2D eigenvalue weighted by atomic mass is 10.0. The lowest BCUT2D eigenvalue weighted by Crippen LogP contribution is -2.39. The normalized spacial score (nSPS) is 18.9. The van der Waals surface area contributed by atoms with Crippen molar-refractivity contribution in [2.45, 2.75) is 25.7 Å². The highest BCUT2D eigenvalue weighted by Crippen LogP contribution is 2.20. The van der Waals surface area contributed by atoms with Gasteiger partial charge >= 0.3 is 12.0 Å². The van der Waals surface area contributed by atoms with Gasteiger partial charge < -0.3 is 20.1 Å². The maximum atomic E-state index is 11.7. The molecular weight excluding hydrogens is 236 g/mol. The number of urea groups is 1. The Kier molecular flexibility index (Phi) is 6.49. The van der Waals surface area contributed by atoms with Gasteiger partial charge in [-0.3, -0.25) is 4.79 Å². The van der Waals surface area contributed by atoms with Crippen molar-refractivity contribution in [1.82, 2.24) is 10.2 Å². The second-order valence-corrected chi connectivity index (χ2v) is 4.61. The summed E-state index contributed by atoms with van der Waals surface area (Å²) in [7, 11) is 1.63. The Morgan fingerprint density at radius 3 is 2.94 bits per heavy atom. The van der Waals surface area contributed by atoms with Gasteiger partial charge in [0, 0.05) is 39.8 Å². The third-order valence-corrected chi connectivity index (χ3v) is 3.14. The molecule has 1 unspecified atom stereocenters. The van der Waals surface area contributed by atoms with Crippen LogP contribution in [0.3, 0.4) is 0 Å². The minimum absolute atomic E-state index is 0.0519. The summed E-state index contributed by atoms with van der Waals surface area (Å²) in [6.07, 6.45) is 2.55. The molecule has 0 radical (unpaired) electrons. The van der Waals surface area contributed by atoms with Crippen molar-refractivity contribution < 1.29 is 19.4 Å². The van der Waals surface area contributed by atoms with E-state index in [0.29, 0.717) is 32.0 Å². The zero-order valence-electron chi connectivity index (χ0n) is 10.9. The third kappa shape index (κ3) is 5.35. The summed E-state index contributed by atoms with van der Waals surface area (Å²) < 4.78 is 4.90. The Labute approximate surface area is 107 Å². The van der Waals surface area contributed by atoms with E-state index < -0.39 is 5.97 Å². The molecule has 1 aliphatic heterocycles. The molecule has 1 rings (SSSR count). The van der Waals surface area contributed by atoms with Crippen molar-refractivity contribution in [3.8, 4) is 0 Å². The molecule has 0 spiro atoms. The fraction of sp³-hybridized carbons (Fsp3) is 0.833. The molecule has 6 heteroatoms. The van der Waals surface area contributed by atoms with Crippen molar-refractivity contribution in [2.75, 3.05) is 33.4 Å². The molecule has 0 bridgehead atoms. The fourth-order valence-electron chi connectivity index (χ4n) is 2.10. The van der Waals surface area contributed by atoms with Crippen molar-refractivity contribution in [2.24, 2.45) is 5.92 Å². The van der Waals surface area contributed by atoms with Crippen LogP contribution in [-0.4, -0.2) is 55.4 Å². The van der Waals surface area contributed by atoms with Crippen LogP contribution in [0.15, 0.2) is 0 Å². The monoisotopic (exact) mass is 258 g/mol. The van der Waals surface area contributed by atoms with E-state index in [1.807, 2.05) is 0 Å². The molecule has 0 aliphatic carbocycles. The second kappa shape index (κ2) is 7.92. The van der Waals surface area contributed by atoms with Crippen LogP contribution in [-0.2, 0) is 9.53 Å². The number of nitrogens with zero attached hydrogens (tertiary/aromatic N) is 1. The first-order valence-corrected chi connectivity index (χ1v) is 6.37. The Hall–Kier alpha value is -1.30. The molecule has 2 amide bonds. The molecule has 104 valence electrons. The van der Waals surface area contributed by atoms with Gasteiger partial charge in [-0.25, -0.2) is 4.79 Å². The topological polar surface area (TPSA) is 78.9 Å². The largest absolute Gasteiger partial charge is 0.481 e. The average Bonchev–Trinajstić information content (AvgIpc) is 2.80. The molecule has 18 heavy (non-hydrogen) atoms. The number of methoxy groups -OCH3 is 1. The summed E-state index contributed by atoms with van der Waals surface area (Å²) in [5.74, 6) is -0.441. The van der Waals surface area contributed by atoms with E-state index in [-0.39, 0.29) is 12.5 Å². The molecule has 1 fully saturated rings. The van der Waals surface area contributed by atoms with E-state index in [2.05, 4.69) is 5.32 Å². The van der Waals surface area contributed by atoms with Crippen molar-refractivity contribution >= 4 is 12.0 Å². The Morgan fingerprint density at radius 1 is 1.50 bits per heavy atom. The van der Waals surface area contributed by atoms with Crippen LogP contribution in [0.4, 0.5) is 4.79 Å². The lowest BCUT2D eigenvalue weighted by Gasteiger charge is -2.17. The lowest BCUT2D eigenvalue weighted by molar-refractivity contribution is -0.137. The Bertz CT molecular complexity index is 283. The third-order valence-electron chi connectivity index (χ3n) is 3.14.